The second-order valence-electron chi connectivity index (χ2n) is 4.60. The van der Waals surface area contributed by atoms with E-state index in [0.29, 0.717) is 28.3 Å². The number of rotatable bonds is 3. The predicted octanol–water partition coefficient (Wildman–Crippen LogP) is 2.69. The first-order valence-corrected chi connectivity index (χ1v) is 6.43. The zero-order chi connectivity index (χ0) is 14.7. The molecule has 0 fully saturated rings. The van der Waals surface area contributed by atoms with Crippen molar-refractivity contribution in [1.82, 2.24) is 4.98 Å². The van der Waals surface area contributed by atoms with Gasteiger partial charge in [-0.1, -0.05) is 0 Å². The lowest BCUT2D eigenvalue weighted by Gasteiger charge is -2.14. The summed E-state index contributed by atoms with van der Waals surface area (Å²) in [6.07, 6.45) is 3.42. The molecule has 2 aromatic rings. The number of hydrogen-bond acceptors (Lipinski definition) is 5. The molecular weight excluding hydrogens is 266 g/mol. The molecule has 0 bridgehead atoms. The Bertz CT molecular complexity index is 758. The zero-order valence-electron chi connectivity index (χ0n) is 11.1. The maximum atomic E-state index is 12.0. The van der Waals surface area contributed by atoms with Gasteiger partial charge in [-0.05, 0) is 30.3 Å². The van der Waals surface area contributed by atoms with Crippen LogP contribution in [0.3, 0.4) is 0 Å². The Morgan fingerprint density at radius 1 is 1.24 bits per heavy atom. The first-order valence-electron chi connectivity index (χ1n) is 6.43. The number of fused-ring (bicyclic) bond motifs is 1. The fraction of sp³-hybridized carbons (Fsp3) is 0.125. The summed E-state index contributed by atoms with van der Waals surface area (Å²) in [5.74, 6) is 0.668. The van der Waals surface area contributed by atoms with Crippen LogP contribution in [0.5, 0.6) is 5.75 Å². The molecule has 2 heterocycles. The van der Waals surface area contributed by atoms with Crippen molar-refractivity contribution in [1.29, 1.82) is 5.26 Å². The molecule has 0 amide bonds. The van der Waals surface area contributed by atoms with E-state index in [9.17, 15) is 4.79 Å². The summed E-state index contributed by atoms with van der Waals surface area (Å²) in [5.41, 5.74) is 2.44. The van der Waals surface area contributed by atoms with Crippen molar-refractivity contribution in [2.24, 2.45) is 4.99 Å². The number of Topliss-reactive ketones (excluding diaryl/α,β-unsaturated/α-hetero) is 1. The molecule has 1 aromatic carbocycles. The Morgan fingerprint density at radius 2 is 2.05 bits per heavy atom. The van der Waals surface area contributed by atoms with Crippen LogP contribution in [0.25, 0.3) is 0 Å². The first-order chi connectivity index (χ1) is 10.3. The lowest BCUT2D eigenvalue weighted by atomic mass is 10.0. The Labute approximate surface area is 121 Å². The quantitative estimate of drug-likeness (QED) is 0.864. The van der Waals surface area contributed by atoms with Crippen molar-refractivity contribution in [3.05, 3.63) is 53.9 Å². The minimum Gasteiger partial charge on any atom is -0.488 e. The molecule has 0 unspecified atom stereocenters. The highest BCUT2D eigenvalue weighted by Gasteiger charge is 2.20. The van der Waals surface area contributed by atoms with Gasteiger partial charge in [0.2, 0.25) is 0 Å². The smallest absolute Gasteiger partial charge is 0.170 e. The van der Waals surface area contributed by atoms with E-state index in [1.807, 2.05) is 6.07 Å². The van der Waals surface area contributed by atoms with Gasteiger partial charge >= 0.3 is 0 Å². The maximum absolute atomic E-state index is 12.0. The second kappa shape index (κ2) is 5.55. The largest absolute Gasteiger partial charge is 0.488 e. The second-order valence-corrected chi connectivity index (χ2v) is 4.60. The maximum Gasteiger partial charge on any atom is 0.170 e. The van der Waals surface area contributed by atoms with Crippen LogP contribution < -0.4 is 4.74 Å². The van der Waals surface area contributed by atoms with Crippen LogP contribution in [0.4, 0.5) is 5.69 Å². The number of nitriles is 1. The highest BCUT2D eigenvalue weighted by Crippen LogP contribution is 2.24. The minimum absolute atomic E-state index is 0.0285. The number of aliphatic imine (C=N–C) groups is 1. The molecule has 0 atom stereocenters. The summed E-state index contributed by atoms with van der Waals surface area (Å²) in [6.45, 7) is 0.242. The van der Waals surface area contributed by atoms with Gasteiger partial charge in [0.05, 0.1) is 35.6 Å². The molecule has 1 aliphatic heterocycles. The van der Waals surface area contributed by atoms with Crippen LogP contribution in [-0.2, 0) is 0 Å². The van der Waals surface area contributed by atoms with Crippen LogP contribution >= 0.6 is 0 Å². The van der Waals surface area contributed by atoms with Crippen molar-refractivity contribution in [3.8, 4) is 11.8 Å². The van der Waals surface area contributed by atoms with E-state index < -0.39 is 0 Å². The van der Waals surface area contributed by atoms with E-state index in [0.717, 1.165) is 0 Å². The number of benzene rings is 1. The molecule has 0 N–H and O–H groups in total. The van der Waals surface area contributed by atoms with Gasteiger partial charge in [-0.3, -0.25) is 14.8 Å². The molecule has 102 valence electrons. The third-order valence-electron chi connectivity index (χ3n) is 3.13. The van der Waals surface area contributed by atoms with E-state index >= 15 is 0 Å². The van der Waals surface area contributed by atoms with E-state index in [1.165, 1.54) is 0 Å². The third-order valence-corrected chi connectivity index (χ3v) is 3.13. The van der Waals surface area contributed by atoms with Crippen molar-refractivity contribution in [2.45, 2.75) is 6.42 Å². The fourth-order valence-corrected chi connectivity index (χ4v) is 2.08. The van der Waals surface area contributed by atoms with E-state index in [4.69, 9.17) is 10.00 Å². The fourth-order valence-electron chi connectivity index (χ4n) is 2.08. The summed E-state index contributed by atoms with van der Waals surface area (Å²) in [7, 11) is 0. The molecule has 5 heteroatoms. The van der Waals surface area contributed by atoms with Crippen LogP contribution in [0, 0.1) is 11.3 Å². The molecule has 1 aliphatic rings. The average Bonchev–Trinajstić information content (AvgIpc) is 2.53. The van der Waals surface area contributed by atoms with Gasteiger partial charge in [-0.15, -0.1) is 0 Å². The van der Waals surface area contributed by atoms with Gasteiger partial charge in [-0.25, -0.2) is 0 Å². The van der Waals surface area contributed by atoms with Gasteiger partial charge in [0.25, 0.3) is 0 Å². The minimum atomic E-state index is 0.0285. The monoisotopic (exact) mass is 277 g/mol. The van der Waals surface area contributed by atoms with Gasteiger partial charge in [0.1, 0.15) is 12.4 Å². The molecule has 21 heavy (non-hydrogen) atoms. The van der Waals surface area contributed by atoms with Crippen molar-refractivity contribution >= 4 is 17.2 Å². The third kappa shape index (κ3) is 2.79. The van der Waals surface area contributed by atoms with Crippen LogP contribution in [0.2, 0.25) is 0 Å². The number of pyridine rings is 1. The summed E-state index contributed by atoms with van der Waals surface area (Å²) >= 11 is 0. The number of hydrogen-bond donors (Lipinski definition) is 0. The molecular formula is C16H11N3O2. The normalized spacial score (nSPS) is 13.1. The Balaban J connectivity index is 1.73. The van der Waals surface area contributed by atoms with Crippen molar-refractivity contribution in [3.63, 3.8) is 0 Å². The lowest BCUT2D eigenvalue weighted by Crippen LogP contribution is -2.19. The van der Waals surface area contributed by atoms with Crippen LogP contribution in [0.1, 0.15) is 22.3 Å². The number of aromatic nitrogens is 1. The standard InChI is InChI=1S/C16H11N3O2/c17-8-11-1-3-13(4-2-11)21-10-12-7-16(20)14-5-6-18-9-15(14)19-12/h1-6,9H,7,10H2. The Hall–Kier alpha value is -3.00. The number of nitrogens with zero attached hydrogens (tertiary/aromatic N) is 3. The van der Waals surface area contributed by atoms with E-state index in [-0.39, 0.29) is 18.8 Å². The van der Waals surface area contributed by atoms with Crippen molar-refractivity contribution in [2.75, 3.05) is 6.61 Å². The molecule has 0 spiro atoms. The van der Waals surface area contributed by atoms with E-state index in [1.54, 1.807) is 42.7 Å². The van der Waals surface area contributed by atoms with Gasteiger partial charge in [-0.2, -0.15) is 5.26 Å². The van der Waals surface area contributed by atoms with E-state index in [2.05, 4.69) is 9.98 Å². The van der Waals surface area contributed by atoms with Gasteiger partial charge in [0, 0.05) is 11.8 Å². The average molecular weight is 277 g/mol. The Kier molecular flexibility index (Phi) is 3.44. The predicted molar refractivity (Wildman–Crippen MR) is 76.9 cm³/mol. The number of ketones is 1. The number of carbonyl (C=O) groups excluding carboxylic acids is 1. The molecule has 0 saturated heterocycles. The van der Waals surface area contributed by atoms with Crippen LogP contribution in [-0.4, -0.2) is 23.1 Å². The molecule has 0 aliphatic carbocycles. The van der Waals surface area contributed by atoms with Crippen molar-refractivity contribution < 1.29 is 9.53 Å². The molecule has 0 saturated carbocycles. The SMILES string of the molecule is N#Cc1ccc(OCC2=Nc3cnccc3C(=O)C2)cc1. The highest BCUT2D eigenvalue weighted by atomic mass is 16.5. The topological polar surface area (TPSA) is 75.3 Å². The molecule has 3 rings (SSSR count). The van der Waals surface area contributed by atoms with Gasteiger partial charge in [0.15, 0.2) is 5.78 Å². The lowest BCUT2D eigenvalue weighted by molar-refractivity contribution is 0.0998. The summed E-state index contributed by atoms with van der Waals surface area (Å²) < 4.78 is 5.60. The number of carbonyl (C=O) groups is 1. The number of ether oxygens (including phenoxy) is 1. The summed E-state index contributed by atoms with van der Waals surface area (Å²) in [6, 6.07) is 10.5. The molecule has 5 nitrogen and oxygen atoms in total. The highest BCUT2D eigenvalue weighted by molar-refractivity contribution is 6.16. The molecule has 1 aromatic heterocycles. The van der Waals surface area contributed by atoms with Gasteiger partial charge < -0.3 is 4.74 Å². The Morgan fingerprint density at radius 3 is 2.81 bits per heavy atom. The summed E-state index contributed by atoms with van der Waals surface area (Å²) in [4.78, 5) is 20.4. The first kappa shape index (κ1) is 13.0. The summed E-state index contributed by atoms with van der Waals surface area (Å²) in [5, 5.41) is 8.73. The molecule has 0 radical (unpaired) electrons. The van der Waals surface area contributed by atoms with Crippen LogP contribution in [0.15, 0.2) is 47.7 Å². The zero-order valence-corrected chi connectivity index (χ0v) is 11.1.